The lowest BCUT2D eigenvalue weighted by Gasteiger charge is -2.33. The fraction of sp³-hybridized carbons (Fsp3) is 0.435. The Bertz CT molecular complexity index is 1370. The number of carbonyl (C=O) groups excluding carboxylic acids is 1. The van der Waals surface area contributed by atoms with Crippen molar-refractivity contribution in [2.45, 2.75) is 37.7 Å². The standard InChI is InChI=1S/C23H22F4N4O5S/c1-3-30(2)37(33,34)15-6-8-31(9-7-15)22(32)16-10-14(12-28)19(29-20(16)21(24)25)13-4-5-17-18(11-13)36-23(26,27)35-17/h4-5,10-11,15,21H,3,6-9H2,1-2H3. The Kier molecular flexibility index (Phi) is 7.04. The number of likely N-dealkylation sites (tertiary alicyclic amines) is 1. The van der Waals surface area contributed by atoms with Crippen molar-refractivity contribution in [3.05, 3.63) is 41.1 Å². The van der Waals surface area contributed by atoms with Crippen LogP contribution in [-0.2, 0) is 10.0 Å². The van der Waals surface area contributed by atoms with Crippen molar-refractivity contribution in [2.24, 2.45) is 0 Å². The Morgan fingerprint density at radius 3 is 2.49 bits per heavy atom. The van der Waals surface area contributed by atoms with Gasteiger partial charge in [-0.15, -0.1) is 8.78 Å². The molecule has 0 unspecified atom stereocenters. The maximum absolute atomic E-state index is 14.0. The number of rotatable bonds is 6. The van der Waals surface area contributed by atoms with Crippen molar-refractivity contribution in [1.82, 2.24) is 14.2 Å². The van der Waals surface area contributed by atoms with E-state index in [2.05, 4.69) is 14.5 Å². The molecule has 1 aromatic carbocycles. The molecule has 0 aliphatic carbocycles. The molecular weight excluding hydrogens is 520 g/mol. The lowest BCUT2D eigenvalue weighted by atomic mass is 10.0. The van der Waals surface area contributed by atoms with E-state index in [9.17, 15) is 36.0 Å². The number of aromatic nitrogens is 1. The van der Waals surface area contributed by atoms with Crippen molar-refractivity contribution in [3.63, 3.8) is 0 Å². The summed E-state index contributed by atoms with van der Waals surface area (Å²) in [5.74, 6) is -1.45. The molecule has 2 aliphatic rings. The van der Waals surface area contributed by atoms with Crippen LogP contribution in [0.2, 0.25) is 0 Å². The van der Waals surface area contributed by atoms with Gasteiger partial charge in [0.2, 0.25) is 10.0 Å². The number of carbonyl (C=O) groups is 1. The predicted molar refractivity (Wildman–Crippen MR) is 122 cm³/mol. The number of ether oxygens (including phenoxy) is 2. The van der Waals surface area contributed by atoms with Crippen LogP contribution in [0.15, 0.2) is 24.3 Å². The normalized spacial score (nSPS) is 17.3. The molecule has 0 bridgehead atoms. The molecule has 0 N–H and O–H groups in total. The van der Waals surface area contributed by atoms with Gasteiger partial charge in [-0.25, -0.2) is 26.5 Å². The van der Waals surface area contributed by atoms with Gasteiger partial charge in [0.05, 0.1) is 22.1 Å². The third kappa shape index (κ3) is 5.05. The topological polar surface area (TPSA) is 113 Å². The summed E-state index contributed by atoms with van der Waals surface area (Å²) in [6.45, 7) is 2.02. The summed E-state index contributed by atoms with van der Waals surface area (Å²) in [5, 5.41) is 8.95. The van der Waals surface area contributed by atoms with Gasteiger partial charge >= 0.3 is 6.29 Å². The molecule has 0 saturated carbocycles. The van der Waals surface area contributed by atoms with E-state index >= 15 is 0 Å². The van der Waals surface area contributed by atoms with Crippen molar-refractivity contribution >= 4 is 15.9 Å². The first-order chi connectivity index (χ1) is 17.4. The molecule has 1 aromatic heterocycles. The van der Waals surface area contributed by atoms with Crippen LogP contribution in [0, 0.1) is 11.3 Å². The number of benzene rings is 1. The van der Waals surface area contributed by atoms with E-state index in [1.807, 2.05) is 0 Å². The summed E-state index contributed by atoms with van der Waals surface area (Å²) in [5.41, 5.74) is -1.83. The Hall–Kier alpha value is -3.44. The minimum atomic E-state index is -3.89. The summed E-state index contributed by atoms with van der Waals surface area (Å²) < 4.78 is 89.8. The van der Waals surface area contributed by atoms with Crippen LogP contribution >= 0.6 is 0 Å². The average molecular weight is 543 g/mol. The van der Waals surface area contributed by atoms with Gasteiger partial charge in [0.1, 0.15) is 11.8 Å². The SMILES string of the molecule is CCN(C)S(=O)(=O)C1CCN(C(=O)c2cc(C#N)c(-c3ccc4c(c3)OC(F)(F)O4)nc2C(F)F)CC1. The summed E-state index contributed by atoms with van der Waals surface area (Å²) >= 11 is 0. The van der Waals surface area contributed by atoms with Gasteiger partial charge in [0.15, 0.2) is 11.5 Å². The number of hydrogen-bond acceptors (Lipinski definition) is 7. The molecule has 0 radical (unpaired) electrons. The third-order valence-corrected chi connectivity index (χ3v) is 8.76. The zero-order valence-electron chi connectivity index (χ0n) is 19.7. The largest absolute Gasteiger partial charge is 0.586 e. The van der Waals surface area contributed by atoms with Gasteiger partial charge in [0.25, 0.3) is 12.3 Å². The number of alkyl halides is 4. The highest BCUT2D eigenvalue weighted by Gasteiger charge is 2.43. The van der Waals surface area contributed by atoms with E-state index in [-0.39, 0.29) is 54.3 Å². The molecule has 1 amide bonds. The highest BCUT2D eigenvalue weighted by atomic mass is 32.2. The Labute approximate surface area is 210 Å². The summed E-state index contributed by atoms with van der Waals surface area (Å²) in [6.07, 6.45) is -6.84. The van der Waals surface area contributed by atoms with Crippen LogP contribution in [0.4, 0.5) is 17.6 Å². The lowest BCUT2D eigenvalue weighted by molar-refractivity contribution is -0.286. The predicted octanol–water partition coefficient (Wildman–Crippen LogP) is 3.77. The van der Waals surface area contributed by atoms with Crippen molar-refractivity contribution in [3.8, 4) is 28.8 Å². The molecular formula is C23H22F4N4O5S. The number of nitriles is 1. The molecule has 2 aliphatic heterocycles. The second kappa shape index (κ2) is 9.79. The first-order valence-electron chi connectivity index (χ1n) is 11.3. The molecule has 37 heavy (non-hydrogen) atoms. The molecule has 0 spiro atoms. The number of fused-ring (bicyclic) bond motifs is 1. The third-order valence-electron chi connectivity index (χ3n) is 6.31. The van der Waals surface area contributed by atoms with Crippen molar-refractivity contribution in [1.29, 1.82) is 5.26 Å². The van der Waals surface area contributed by atoms with Gasteiger partial charge in [-0.3, -0.25) is 4.79 Å². The van der Waals surface area contributed by atoms with E-state index in [0.717, 1.165) is 18.2 Å². The van der Waals surface area contributed by atoms with E-state index in [4.69, 9.17) is 0 Å². The zero-order valence-corrected chi connectivity index (χ0v) is 20.6. The number of hydrogen-bond donors (Lipinski definition) is 0. The Morgan fingerprint density at radius 1 is 1.24 bits per heavy atom. The van der Waals surface area contributed by atoms with Gasteiger partial charge in [-0.1, -0.05) is 6.92 Å². The van der Waals surface area contributed by atoms with Gasteiger partial charge < -0.3 is 14.4 Å². The number of piperidine rings is 1. The van der Waals surface area contributed by atoms with E-state index in [1.165, 1.54) is 22.3 Å². The average Bonchev–Trinajstić information content (AvgIpc) is 3.19. The van der Waals surface area contributed by atoms with Crippen molar-refractivity contribution < 1.29 is 40.2 Å². The smallest absolute Gasteiger partial charge is 0.395 e. The molecule has 2 aromatic rings. The highest BCUT2D eigenvalue weighted by molar-refractivity contribution is 7.89. The maximum Gasteiger partial charge on any atom is 0.586 e. The van der Waals surface area contributed by atoms with Crippen LogP contribution in [0.25, 0.3) is 11.3 Å². The van der Waals surface area contributed by atoms with Gasteiger partial charge in [-0.05, 0) is 37.1 Å². The molecule has 1 saturated heterocycles. The van der Waals surface area contributed by atoms with Crippen LogP contribution in [0.5, 0.6) is 11.5 Å². The van der Waals surface area contributed by atoms with Crippen LogP contribution in [-0.4, -0.2) is 66.7 Å². The minimum Gasteiger partial charge on any atom is -0.395 e. The second-order valence-electron chi connectivity index (χ2n) is 8.51. The van der Waals surface area contributed by atoms with E-state index in [1.54, 1.807) is 13.0 Å². The molecule has 198 valence electrons. The fourth-order valence-electron chi connectivity index (χ4n) is 4.23. The number of pyridine rings is 1. The van der Waals surface area contributed by atoms with Crippen LogP contribution < -0.4 is 9.47 Å². The number of halogens is 4. The van der Waals surface area contributed by atoms with Gasteiger partial charge in [0, 0.05) is 32.2 Å². The summed E-state index contributed by atoms with van der Waals surface area (Å²) in [7, 11) is -2.09. The quantitative estimate of drug-likeness (QED) is 0.511. The van der Waals surface area contributed by atoms with Gasteiger partial charge in [-0.2, -0.15) is 5.26 Å². The number of sulfonamides is 1. The summed E-state index contributed by atoms with van der Waals surface area (Å²) in [4.78, 5) is 18.3. The van der Waals surface area contributed by atoms with Crippen LogP contribution in [0.3, 0.4) is 0 Å². The molecule has 9 nitrogen and oxygen atoms in total. The molecule has 4 rings (SSSR count). The second-order valence-corrected chi connectivity index (χ2v) is 10.8. The fourth-order valence-corrected chi connectivity index (χ4v) is 5.90. The summed E-state index contributed by atoms with van der Waals surface area (Å²) in [6, 6.07) is 6.25. The van der Waals surface area contributed by atoms with E-state index < -0.39 is 45.2 Å². The Balaban J connectivity index is 1.63. The molecule has 14 heteroatoms. The lowest BCUT2D eigenvalue weighted by Crippen LogP contribution is -2.46. The first kappa shape index (κ1) is 26.6. The van der Waals surface area contributed by atoms with E-state index in [0.29, 0.717) is 6.54 Å². The maximum atomic E-state index is 14.0. The number of amides is 1. The zero-order chi connectivity index (χ0) is 27.1. The molecule has 1 fully saturated rings. The van der Waals surface area contributed by atoms with Crippen molar-refractivity contribution in [2.75, 3.05) is 26.7 Å². The number of nitrogens with zero attached hydrogens (tertiary/aromatic N) is 4. The van der Waals surface area contributed by atoms with Crippen LogP contribution in [0.1, 0.15) is 47.8 Å². The molecule has 3 heterocycles. The molecule has 0 atom stereocenters. The Morgan fingerprint density at radius 2 is 1.89 bits per heavy atom. The monoisotopic (exact) mass is 542 g/mol. The first-order valence-corrected chi connectivity index (χ1v) is 12.8. The highest BCUT2D eigenvalue weighted by Crippen LogP contribution is 2.43. The minimum absolute atomic E-state index is 0.0168.